The molecule has 0 bridgehead atoms. The summed E-state index contributed by atoms with van der Waals surface area (Å²) in [4.78, 5) is 21.7. The summed E-state index contributed by atoms with van der Waals surface area (Å²) in [5.41, 5.74) is 0.657. The Morgan fingerprint density at radius 1 is 1.33 bits per heavy atom. The van der Waals surface area contributed by atoms with Crippen molar-refractivity contribution in [2.24, 2.45) is 22.7 Å². The van der Waals surface area contributed by atoms with Gasteiger partial charge in [-0.1, -0.05) is 18.5 Å². The van der Waals surface area contributed by atoms with Crippen LogP contribution in [-0.2, 0) is 11.3 Å². The molecule has 3 heterocycles. The van der Waals surface area contributed by atoms with E-state index in [1.54, 1.807) is 0 Å². The van der Waals surface area contributed by atoms with Gasteiger partial charge in [0.05, 0.1) is 6.54 Å². The Balaban J connectivity index is 1.21. The predicted molar refractivity (Wildman–Crippen MR) is 86.9 cm³/mol. The van der Waals surface area contributed by atoms with Gasteiger partial charge < -0.3 is 9.42 Å². The molecule has 3 atom stereocenters. The molecule has 1 aromatic heterocycles. The summed E-state index contributed by atoms with van der Waals surface area (Å²) in [6, 6.07) is 0. The van der Waals surface area contributed by atoms with Crippen molar-refractivity contribution in [3.05, 3.63) is 11.7 Å². The highest BCUT2D eigenvalue weighted by molar-refractivity contribution is 5.83. The maximum Gasteiger partial charge on any atom is 0.240 e. The maximum atomic E-state index is 12.8. The van der Waals surface area contributed by atoms with Gasteiger partial charge in [0.15, 0.2) is 5.82 Å². The number of carbonyl (C=O) groups excluding carboxylic acids is 1. The first-order valence-electron chi connectivity index (χ1n) is 9.28. The van der Waals surface area contributed by atoms with Crippen LogP contribution in [0.4, 0.5) is 0 Å². The van der Waals surface area contributed by atoms with Crippen molar-refractivity contribution in [2.75, 3.05) is 26.2 Å². The average molecular weight is 330 g/mol. The second-order valence-electron chi connectivity index (χ2n) is 8.95. The number of likely N-dealkylation sites (tertiary alicyclic amines) is 2. The van der Waals surface area contributed by atoms with Gasteiger partial charge >= 0.3 is 0 Å². The Hall–Kier alpha value is -1.43. The van der Waals surface area contributed by atoms with Gasteiger partial charge in [0.25, 0.3) is 0 Å². The van der Waals surface area contributed by atoms with Gasteiger partial charge in [-0.2, -0.15) is 4.98 Å². The molecular weight excluding hydrogens is 304 g/mol. The first-order chi connectivity index (χ1) is 11.5. The number of fused-ring (bicyclic) bond motifs is 1. The van der Waals surface area contributed by atoms with E-state index in [1.165, 1.54) is 19.3 Å². The van der Waals surface area contributed by atoms with Gasteiger partial charge in [0, 0.05) is 37.5 Å². The van der Waals surface area contributed by atoms with E-state index in [9.17, 15) is 4.79 Å². The molecule has 0 N–H and O–H groups in total. The van der Waals surface area contributed by atoms with E-state index < -0.39 is 0 Å². The van der Waals surface area contributed by atoms with Crippen molar-refractivity contribution in [2.45, 2.75) is 46.1 Å². The fourth-order valence-corrected chi connectivity index (χ4v) is 5.44. The van der Waals surface area contributed by atoms with Crippen molar-refractivity contribution in [3.8, 4) is 0 Å². The van der Waals surface area contributed by atoms with Gasteiger partial charge in [-0.15, -0.1) is 0 Å². The smallest absolute Gasteiger partial charge is 0.240 e. The van der Waals surface area contributed by atoms with Crippen molar-refractivity contribution in [1.29, 1.82) is 0 Å². The van der Waals surface area contributed by atoms with Gasteiger partial charge in [-0.05, 0) is 37.5 Å². The van der Waals surface area contributed by atoms with Crippen molar-refractivity contribution in [3.63, 3.8) is 0 Å². The van der Waals surface area contributed by atoms with E-state index in [1.807, 2.05) is 6.92 Å². The van der Waals surface area contributed by atoms with Crippen LogP contribution >= 0.6 is 0 Å². The second kappa shape index (κ2) is 4.81. The van der Waals surface area contributed by atoms with Crippen LogP contribution in [0.2, 0.25) is 0 Å². The number of amides is 1. The Morgan fingerprint density at radius 2 is 2.17 bits per heavy atom. The molecule has 2 saturated carbocycles. The third-order valence-electron chi connectivity index (χ3n) is 7.12. The Kier molecular flexibility index (Phi) is 2.98. The molecule has 2 aliphatic heterocycles. The summed E-state index contributed by atoms with van der Waals surface area (Å²) in [5, 5.41) is 3.87. The molecule has 1 unspecified atom stereocenters. The molecule has 1 amide bonds. The van der Waals surface area contributed by atoms with Crippen molar-refractivity contribution in [1.82, 2.24) is 19.9 Å². The fourth-order valence-electron chi connectivity index (χ4n) is 5.44. The molecule has 24 heavy (non-hydrogen) atoms. The molecule has 0 radical (unpaired) electrons. The van der Waals surface area contributed by atoms with Crippen LogP contribution in [0, 0.1) is 29.6 Å². The van der Waals surface area contributed by atoms with Crippen LogP contribution < -0.4 is 0 Å². The van der Waals surface area contributed by atoms with Crippen LogP contribution in [0.25, 0.3) is 0 Å². The quantitative estimate of drug-likeness (QED) is 0.846. The Bertz CT molecular complexity index is 682. The largest absolute Gasteiger partial charge is 0.341 e. The molecule has 2 aliphatic carbocycles. The first-order valence-corrected chi connectivity index (χ1v) is 9.28. The van der Waals surface area contributed by atoms with Crippen LogP contribution in [-0.4, -0.2) is 52.0 Å². The highest BCUT2D eigenvalue weighted by Crippen LogP contribution is 2.66. The number of rotatable bonds is 3. The summed E-state index contributed by atoms with van der Waals surface area (Å²) in [6.07, 6.45) is 5.06. The molecule has 6 nitrogen and oxygen atoms in total. The number of carbonyl (C=O) groups is 1. The standard InChI is InChI=1S/C18H26N4O2/c1-12-19-15(24-20-12)9-21-7-13-8-22(11-17(13,2)10-21)16(23)14-6-18(14)4-3-5-18/h13-14H,3-11H2,1-2H3/t13-,14?,17+/m1/s1. The molecule has 6 heteroatoms. The van der Waals surface area contributed by atoms with E-state index >= 15 is 0 Å². The molecule has 0 aromatic carbocycles. The highest BCUT2D eigenvalue weighted by Gasteiger charge is 2.63. The highest BCUT2D eigenvalue weighted by atomic mass is 16.5. The fraction of sp³-hybridized carbons (Fsp3) is 0.833. The van der Waals surface area contributed by atoms with Gasteiger partial charge in [0.2, 0.25) is 11.8 Å². The van der Waals surface area contributed by atoms with Gasteiger partial charge in [0.1, 0.15) is 0 Å². The van der Waals surface area contributed by atoms with Crippen molar-refractivity contribution < 1.29 is 9.32 Å². The molecule has 1 aromatic rings. The summed E-state index contributed by atoms with van der Waals surface area (Å²) >= 11 is 0. The van der Waals surface area contributed by atoms with Crippen LogP contribution in [0.3, 0.4) is 0 Å². The first kappa shape index (κ1) is 14.9. The molecule has 2 saturated heterocycles. The van der Waals surface area contributed by atoms with Crippen LogP contribution in [0.15, 0.2) is 4.52 Å². The van der Waals surface area contributed by atoms with Crippen molar-refractivity contribution >= 4 is 5.91 Å². The van der Waals surface area contributed by atoms with E-state index in [-0.39, 0.29) is 5.41 Å². The predicted octanol–water partition coefficient (Wildman–Crippen LogP) is 1.85. The summed E-state index contributed by atoms with van der Waals surface area (Å²) in [6.45, 7) is 8.81. The zero-order valence-corrected chi connectivity index (χ0v) is 14.6. The van der Waals surface area contributed by atoms with E-state index in [0.29, 0.717) is 34.9 Å². The minimum Gasteiger partial charge on any atom is -0.341 e. The summed E-state index contributed by atoms with van der Waals surface area (Å²) < 4.78 is 5.25. The molecule has 1 spiro atoms. The van der Waals surface area contributed by atoms with E-state index in [0.717, 1.165) is 39.1 Å². The number of nitrogens with zero attached hydrogens (tertiary/aromatic N) is 4. The number of aromatic nitrogens is 2. The van der Waals surface area contributed by atoms with Gasteiger partial charge in [-0.3, -0.25) is 9.69 Å². The number of hydrogen-bond acceptors (Lipinski definition) is 5. The zero-order chi connectivity index (χ0) is 16.5. The van der Waals surface area contributed by atoms with E-state index in [2.05, 4.69) is 26.9 Å². The molecular formula is C18H26N4O2. The lowest BCUT2D eigenvalue weighted by atomic mass is 9.79. The Labute approximate surface area is 142 Å². The number of aryl methyl sites for hydroxylation is 1. The molecule has 4 fully saturated rings. The zero-order valence-electron chi connectivity index (χ0n) is 14.6. The lowest BCUT2D eigenvalue weighted by Crippen LogP contribution is -2.37. The van der Waals surface area contributed by atoms with Gasteiger partial charge in [-0.25, -0.2) is 0 Å². The number of hydrogen-bond donors (Lipinski definition) is 0. The van der Waals surface area contributed by atoms with Crippen LogP contribution in [0.5, 0.6) is 0 Å². The normalized spacial score (nSPS) is 36.8. The lowest BCUT2D eigenvalue weighted by Gasteiger charge is -2.29. The Morgan fingerprint density at radius 3 is 2.75 bits per heavy atom. The molecule has 130 valence electrons. The maximum absolute atomic E-state index is 12.8. The second-order valence-corrected chi connectivity index (χ2v) is 8.95. The summed E-state index contributed by atoms with van der Waals surface area (Å²) in [7, 11) is 0. The third-order valence-corrected chi connectivity index (χ3v) is 7.12. The minimum absolute atomic E-state index is 0.215. The topological polar surface area (TPSA) is 62.5 Å². The SMILES string of the molecule is Cc1noc(CN2C[C@@H]3CN(C(=O)C4CC45CCC5)C[C@]3(C)C2)n1. The lowest BCUT2D eigenvalue weighted by molar-refractivity contribution is -0.133. The van der Waals surface area contributed by atoms with E-state index in [4.69, 9.17) is 4.52 Å². The molecule has 4 aliphatic rings. The monoisotopic (exact) mass is 330 g/mol. The van der Waals surface area contributed by atoms with Crippen LogP contribution in [0.1, 0.15) is 44.3 Å². The minimum atomic E-state index is 0.215. The summed E-state index contributed by atoms with van der Waals surface area (Å²) in [5.74, 6) is 2.77. The average Bonchev–Trinajstić information content (AvgIpc) is 2.88. The molecule has 5 rings (SSSR count). The third kappa shape index (κ3) is 2.15.